The summed E-state index contributed by atoms with van der Waals surface area (Å²) in [7, 11) is 0. The van der Waals surface area contributed by atoms with Crippen molar-refractivity contribution in [2.45, 2.75) is 0 Å². The molecule has 2 aromatic carbocycles. The monoisotopic (exact) mass is 407 g/mol. The Labute approximate surface area is 171 Å². The first-order valence-corrected chi connectivity index (χ1v) is 9.02. The van der Waals surface area contributed by atoms with Gasteiger partial charge in [-0.1, -0.05) is 24.3 Å². The van der Waals surface area contributed by atoms with Crippen molar-refractivity contribution in [2.75, 3.05) is 18.5 Å². The van der Waals surface area contributed by atoms with Crippen LogP contribution in [0.25, 0.3) is 17.0 Å². The summed E-state index contributed by atoms with van der Waals surface area (Å²) in [5.41, 5.74) is 1.89. The number of nitrogens with one attached hydrogen (secondary N) is 2. The van der Waals surface area contributed by atoms with Crippen molar-refractivity contribution in [1.82, 2.24) is 10.3 Å². The molecule has 152 valence electrons. The van der Waals surface area contributed by atoms with E-state index in [1.54, 1.807) is 12.3 Å². The molecule has 3 rings (SSSR count). The molecule has 8 heteroatoms. The lowest BCUT2D eigenvalue weighted by molar-refractivity contribution is -0.143. The van der Waals surface area contributed by atoms with Gasteiger partial charge in [0.25, 0.3) is 5.91 Å². The Hall–Kier alpha value is -4.07. The number of halogens is 1. The maximum Gasteiger partial charge on any atom is 0.331 e. The lowest BCUT2D eigenvalue weighted by Gasteiger charge is -2.07. The summed E-state index contributed by atoms with van der Waals surface area (Å²) in [4.78, 5) is 39.6. The Kier molecular flexibility index (Phi) is 6.83. The summed E-state index contributed by atoms with van der Waals surface area (Å²) in [6.07, 6.45) is 4.43. The minimum atomic E-state index is -0.700. The highest BCUT2D eigenvalue weighted by Gasteiger charge is 2.08. The fourth-order valence-corrected chi connectivity index (χ4v) is 2.57. The molecule has 0 aliphatic heterocycles. The van der Waals surface area contributed by atoms with Gasteiger partial charge in [0.2, 0.25) is 5.91 Å². The molecule has 2 N–H and O–H groups in total. The Morgan fingerprint density at radius 1 is 1.00 bits per heavy atom. The van der Waals surface area contributed by atoms with Crippen LogP contribution >= 0.6 is 0 Å². The molecule has 0 aliphatic rings. The summed E-state index contributed by atoms with van der Waals surface area (Å²) in [6.45, 7) is -0.841. The van der Waals surface area contributed by atoms with Gasteiger partial charge >= 0.3 is 5.97 Å². The van der Waals surface area contributed by atoms with E-state index in [0.717, 1.165) is 16.5 Å². The van der Waals surface area contributed by atoms with Gasteiger partial charge in [-0.15, -0.1) is 0 Å². The number of hydrogen-bond acceptors (Lipinski definition) is 5. The molecule has 0 saturated carbocycles. The standard InChI is InChI=1S/C22H18FN3O4/c23-17-7-9-18(10-8-17)26-19(27)13-25-20(28)14-30-21(29)11-6-16-4-1-3-15-5-2-12-24-22(15)16/h1-12H,13-14H2,(H,25,28)(H,26,27)/b11-6+. The van der Waals surface area contributed by atoms with E-state index in [9.17, 15) is 18.8 Å². The van der Waals surface area contributed by atoms with Gasteiger partial charge in [-0.25, -0.2) is 9.18 Å². The lowest BCUT2D eigenvalue weighted by atomic mass is 10.1. The zero-order valence-corrected chi connectivity index (χ0v) is 15.8. The number of aromatic nitrogens is 1. The van der Waals surface area contributed by atoms with Gasteiger partial charge in [-0.05, 0) is 36.4 Å². The van der Waals surface area contributed by atoms with Crippen LogP contribution in [0, 0.1) is 5.82 Å². The van der Waals surface area contributed by atoms with Crippen molar-refractivity contribution < 1.29 is 23.5 Å². The number of esters is 1. The minimum Gasteiger partial charge on any atom is -0.452 e. The van der Waals surface area contributed by atoms with Crippen LogP contribution in [0.3, 0.4) is 0 Å². The fourth-order valence-electron chi connectivity index (χ4n) is 2.57. The molecule has 0 spiro atoms. The molecule has 7 nitrogen and oxygen atoms in total. The van der Waals surface area contributed by atoms with Crippen molar-refractivity contribution in [3.8, 4) is 0 Å². The number of rotatable bonds is 7. The highest BCUT2D eigenvalue weighted by atomic mass is 19.1. The largest absolute Gasteiger partial charge is 0.452 e. The maximum atomic E-state index is 12.8. The number of carbonyl (C=O) groups excluding carboxylic acids is 3. The van der Waals surface area contributed by atoms with E-state index in [2.05, 4.69) is 15.6 Å². The molecule has 3 aromatic rings. The summed E-state index contributed by atoms with van der Waals surface area (Å²) < 4.78 is 17.7. The summed E-state index contributed by atoms with van der Waals surface area (Å²) in [6, 6.07) is 14.5. The highest BCUT2D eigenvalue weighted by molar-refractivity contribution is 5.96. The van der Waals surface area contributed by atoms with Crippen molar-refractivity contribution in [1.29, 1.82) is 0 Å². The summed E-state index contributed by atoms with van der Waals surface area (Å²) >= 11 is 0. The Bertz CT molecular complexity index is 1090. The quantitative estimate of drug-likeness (QED) is 0.464. The molecule has 0 radical (unpaired) electrons. The normalized spacial score (nSPS) is 10.7. The van der Waals surface area contributed by atoms with Crippen molar-refractivity contribution >= 4 is 40.4 Å². The second kappa shape index (κ2) is 9.92. The number of anilines is 1. The van der Waals surface area contributed by atoms with Gasteiger partial charge in [0.15, 0.2) is 6.61 Å². The number of amides is 2. The zero-order valence-electron chi connectivity index (χ0n) is 15.8. The number of carbonyl (C=O) groups is 3. The number of fused-ring (bicyclic) bond motifs is 1. The minimum absolute atomic E-state index is 0.314. The lowest BCUT2D eigenvalue weighted by Crippen LogP contribution is -2.35. The average Bonchev–Trinajstić information content (AvgIpc) is 2.76. The molecule has 0 aliphatic carbocycles. The van der Waals surface area contributed by atoms with E-state index in [1.807, 2.05) is 30.3 Å². The molecule has 0 fully saturated rings. The number of hydrogen-bond donors (Lipinski definition) is 2. The van der Waals surface area contributed by atoms with Gasteiger partial charge < -0.3 is 15.4 Å². The molecule has 0 saturated heterocycles. The summed E-state index contributed by atoms with van der Waals surface area (Å²) in [5.74, 6) is -2.25. The molecule has 1 heterocycles. The zero-order chi connectivity index (χ0) is 21.3. The third-order valence-corrected chi connectivity index (χ3v) is 3.98. The van der Waals surface area contributed by atoms with Crippen molar-refractivity contribution in [3.63, 3.8) is 0 Å². The van der Waals surface area contributed by atoms with Gasteiger partial charge in [-0.3, -0.25) is 14.6 Å². The Morgan fingerprint density at radius 3 is 2.57 bits per heavy atom. The topological polar surface area (TPSA) is 97.4 Å². The van der Waals surface area contributed by atoms with Crippen LogP contribution in [0.15, 0.2) is 66.9 Å². The van der Waals surface area contributed by atoms with Gasteiger partial charge in [0.1, 0.15) is 5.82 Å². The van der Waals surface area contributed by atoms with E-state index in [1.165, 1.54) is 30.3 Å². The first kappa shape index (κ1) is 20.7. The molecule has 0 unspecified atom stereocenters. The number of benzene rings is 2. The second-order valence-corrected chi connectivity index (χ2v) is 6.20. The summed E-state index contributed by atoms with van der Waals surface area (Å²) in [5, 5.41) is 5.76. The SMILES string of the molecule is O=C(COC(=O)/C=C/c1cccc2cccnc12)NCC(=O)Nc1ccc(F)cc1. The first-order chi connectivity index (χ1) is 14.5. The van der Waals surface area contributed by atoms with Crippen LogP contribution < -0.4 is 10.6 Å². The van der Waals surface area contributed by atoms with Crippen LogP contribution in [0.2, 0.25) is 0 Å². The second-order valence-electron chi connectivity index (χ2n) is 6.20. The molecule has 0 atom stereocenters. The van der Waals surface area contributed by atoms with Crippen LogP contribution in [0.5, 0.6) is 0 Å². The van der Waals surface area contributed by atoms with E-state index in [4.69, 9.17) is 4.74 Å². The Balaban J connectivity index is 1.43. The maximum absolute atomic E-state index is 12.8. The van der Waals surface area contributed by atoms with Crippen LogP contribution in [0.4, 0.5) is 10.1 Å². The van der Waals surface area contributed by atoms with Gasteiger partial charge in [0, 0.05) is 28.9 Å². The Morgan fingerprint density at radius 2 is 1.77 bits per heavy atom. The molecule has 2 amide bonds. The number of ether oxygens (including phenoxy) is 1. The van der Waals surface area contributed by atoms with Crippen molar-refractivity contribution in [2.24, 2.45) is 0 Å². The van der Waals surface area contributed by atoms with Crippen LogP contribution in [0.1, 0.15) is 5.56 Å². The van der Waals surface area contributed by atoms with E-state index in [0.29, 0.717) is 5.69 Å². The fraction of sp³-hybridized carbons (Fsp3) is 0.0909. The third-order valence-electron chi connectivity index (χ3n) is 3.98. The molecule has 30 heavy (non-hydrogen) atoms. The number of nitrogens with zero attached hydrogens (tertiary/aromatic N) is 1. The molecular formula is C22H18FN3O4. The smallest absolute Gasteiger partial charge is 0.331 e. The molecular weight excluding hydrogens is 389 g/mol. The van der Waals surface area contributed by atoms with Gasteiger partial charge in [0.05, 0.1) is 12.1 Å². The third kappa shape index (κ3) is 5.96. The molecule has 0 bridgehead atoms. The highest BCUT2D eigenvalue weighted by Crippen LogP contribution is 2.17. The average molecular weight is 407 g/mol. The van der Waals surface area contributed by atoms with Crippen LogP contribution in [-0.2, 0) is 19.1 Å². The van der Waals surface area contributed by atoms with Crippen molar-refractivity contribution in [3.05, 3.63) is 78.3 Å². The number of para-hydroxylation sites is 1. The van der Waals surface area contributed by atoms with E-state index < -0.39 is 30.2 Å². The first-order valence-electron chi connectivity index (χ1n) is 9.02. The predicted octanol–water partition coefficient (Wildman–Crippen LogP) is 2.69. The van der Waals surface area contributed by atoms with E-state index >= 15 is 0 Å². The van der Waals surface area contributed by atoms with Gasteiger partial charge in [-0.2, -0.15) is 0 Å². The predicted molar refractivity (Wildman–Crippen MR) is 110 cm³/mol. The molecule has 1 aromatic heterocycles. The number of pyridine rings is 1. The van der Waals surface area contributed by atoms with E-state index in [-0.39, 0.29) is 6.54 Å². The van der Waals surface area contributed by atoms with Crippen LogP contribution in [-0.4, -0.2) is 35.9 Å².